The van der Waals surface area contributed by atoms with Crippen LogP contribution in [0.2, 0.25) is 0 Å². The van der Waals surface area contributed by atoms with E-state index < -0.39 is 30.1 Å². The lowest BCUT2D eigenvalue weighted by Crippen LogP contribution is -2.32. The van der Waals surface area contributed by atoms with Crippen LogP contribution in [0.5, 0.6) is 0 Å². The van der Waals surface area contributed by atoms with Gasteiger partial charge in [0.1, 0.15) is 16.0 Å². The third kappa shape index (κ3) is 8.02. The topological polar surface area (TPSA) is 144 Å². The largest absolute Gasteiger partial charge is 0.481 e. The molecule has 40 heavy (non-hydrogen) atoms. The number of cyclic esters (lactones) is 1. The molecule has 2 heterocycles. The maximum atomic E-state index is 13.6. The number of carbonyl (C=O) groups excluding carboxylic acids is 1. The average Bonchev–Trinajstić information content (AvgIpc) is 3.55. The number of nitriles is 2. The monoisotopic (exact) mass is 567 g/mol. The van der Waals surface area contributed by atoms with Crippen LogP contribution >= 0.6 is 11.3 Å². The fraction of sp³-hybridized carbons (Fsp3) is 0.645. The highest BCUT2D eigenvalue weighted by Gasteiger charge is 2.40. The summed E-state index contributed by atoms with van der Waals surface area (Å²) in [5.41, 5.74) is 0.914. The van der Waals surface area contributed by atoms with Gasteiger partial charge in [-0.05, 0) is 55.9 Å². The Morgan fingerprint density at radius 1 is 1.15 bits per heavy atom. The van der Waals surface area contributed by atoms with E-state index in [-0.39, 0.29) is 36.2 Å². The molecule has 1 aliphatic heterocycles. The molecule has 1 aromatic rings. The number of aliphatic hydroxyl groups excluding tert-OH is 1. The van der Waals surface area contributed by atoms with Crippen molar-refractivity contribution in [2.45, 2.75) is 97.2 Å². The summed E-state index contributed by atoms with van der Waals surface area (Å²) < 4.78 is 6.06. The molecule has 0 amide bonds. The quantitative estimate of drug-likeness (QED) is 0.412. The molecular formula is C31H41N3O5S. The van der Waals surface area contributed by atoms with E-state index in [0.717, 1.165) is 25.7 Å². The molecule has 1 aromatic heterocycles. The first-order valence-corrected chi connectivity index (χ1v) is 15.1. The van der Waals surface area contributed by atoms with Crippen molar-refractivity contribution in [1.82, 2.24) is 4.98 Å². The lowest BCUT2D eigenvalue weighted by molar-refractivity contribution is -0.144. The standard InChI is InChI=1S/C31H41N3O5S/c1-18-14-19(2)16-21(4)28(35)22(17-33)8-5-6-11-25(23-9-7-10-24(23)30(36)37)39-31(38)29-27(20(3)15-18)34-26(40-29)12-13-32/h5-6,8,18-21,23-25,28,35H,7,9-12,14-16H2,1-4H3,(H,36,37)/b6-5+,22-8+. The molecule has 2 aliphatic rings. The van der Waals surface area contributed by atoms with Gasteiger partial charge >= 0.3 is 11.9 Å². The lowest BCUT2D eigenvalue weighted by Gasteiger charge is -2.27. The number of hydrogen-bond acceptors (Lipinski definition) is 8. The van der Waals surface area contributed by atoms with E-state index in [2.05, 4.69) is 31.0 Å². The van der Waals surface area contributed by atoms with Crippen LogP contribution < -0.4 is 0 Å². The molecule has 8 nitrogen and oxygen atoms in total. The van der Waals surface area contributed by atoms with Gasteiger partial charge < -0.3 is 14.9 Å². The van der Waals surface area contributed by atoms with E-state index in [0.29, 0.717) is 40.3 Å². The maximum Gasteiger partial charge on any atom is 0.350 e. The first-order valence-electron chi connectivity index (χ1n) is 14.3. The second-order valence-corrected chi connectivity index (χ2v) is 12.9. The van der Waals surface area contributed by atoms with Crippen molar-refractivity contribution in [2.75, 3.05) is 0 Å². The smallest absolute Gasteiger partial charge is 0.350 e. The van der Waals surface area contributed by atoms with Gasteiger partial charge in [0.25, 0.3) is 0 Å². The van der Waals surface area contributed by atoms with Gasteiger partial charge in [0.2, 0.25) is 0 Å². The van der Waals surface area contributed by atoms with Crippen LogP contribution in [0.15, 0.2) is 23.8 Å². The number of nitrogens with zero attached hydrogens (tertiary/aromatic N) is 3. The molecule has 1 aliphatic carbocycles. The van der Waals surface area contributed by atoms with Crippen LogP contribution in [0.1, 0.15) is 98.9 Å². The van der Waals surface area contributed by atoms with Crippen LogP contribution in [0.4, 0.5) is 0 Å². The number of carbonyl (C=O) groups is 2. The highest BCUT2D eigenvalue weighted by Crippen LogP contribution is 2.39. The summed E-state index contributed by atoms with van der Waals surface area (Å²) in [5, 5.41) is 40.2. The van der Waals surface area contributed by atoms with E-state index in [1.807, 2.05) is 13.8 Å². The molecular weight excluding hydrogens is 526 g/mol. The van der Waals surface area contributed by atoms with Crippen LogP contribution in [0.3, 0.4) is 0 Å². The van der Waals surface area contributed by atoms with Gasteiger partial charge in [0.15, 0.2) is 0 Å². The second kappa shape index (κ2) is 14.6. The van der Waals surface area contributed by atoms with Gasteiger partial charge in [-0.2, -0.15) is 10.5 Å². The third-order valence-electron chi connectivity index (χ3n) is 8.30. The summed E-state index contributed by atoms with van der Waals surface area (Å²) in [4.78, 5) is 30.7. The number of ether oxygens (including phenoxy) is 1. The van der Waals surface area contributed by atoms with Gasteiger partial charge in [0.05, 0.1) is 41.8 Å². The van der Waals surface area contributed by atoms with Gasteiger partial charge in [-0.3, -0.25) is 4.79 Å². The number of aliphatic carboxylic acids is 1. The Balaban J connectivity index is 2.02. The average molecular weight is 568 g/mol. The number of aliphatic hydroxyl groups is 1. The van der Waals surface area contributed by atoms with Crippen molar-refractivity contribution < 1.29 is 24.5 Å². The van der Waals surface area contributed by atoms with Crippen LogP contribution in [-0.2, 0) is 16.0 Å². The molecule has 8 atom stereocenters. The number of esters is 1. The highest BCUT2D eigenvalue weighted by molar-refractivity contribution is 7.13. The van der Waals surface area contributed by atoms with Crippen molar-refractivity contribution in [3.63, 3.8) is 0 Å². The minimum Gasteiger partial charge on any atom is -0.481 e. The predicted octanol–water partition coefficient (Wildman–Crippen LogP) is 6.19. The van der Waals surface area contributed by atoms with E-state index >= 15 is 0 Å². The number of aromatic nitrogens is 1. The SMILES string of the molecule is CC1CC(C)CC(C)C(O)/C(C#N)=C/C=C/CC(C2CCCC2C(=O)O)OC(=O)c2sc(CC#N)nc2C(C)C1. The second-order valence-electron chi connectivity index (χ2n) is 11.8. The number of fused-ring (bicyclic) bond motifs is 1. The molecule has 0 spiro atoms. The lowest BCUT2D eigenvalue weighted by atomic mass is 9.82. The fourth-order valence-electron chi connectivity index (χ4n) is 6.49. The number of carboxylic acids is 1. The number of thiazole rings is 1. The zero-order valence-electron chi connectivity index (χ0n) is 23.9. The number of allylic oxidation sites excluding steroid dienone is 2. The summed E-state index contributed by atoms with van der Waals surface area (Å²) in [7, 11) is 0. The summed E-state index contributed by atoms with van der Waals surface area (Å²) in [5.74, 6) is -1.86. The minimum absolute atomic E-state index is 0.0416. The fourth-order valence-corrected chi connectivity index (χ4v) is 7.49. The highest BCUT2D eigenvalue weighted by atomic mass is 32.1. The third-order valence-corrected chi connectivity index (χ3v) is 9.36. The predicted molar refractivity (Wildman–Crippen MR) is 152 cm³/mol. The van der Waals surface area contributed by atoms with Gasteiger partial charge in [-0.15, -0.1) is 11.3 Å². The number of hydrogen-bond donors (Lipinski definition) is 2. The van der Waals surface area contributed by atoms with Crippen molar-refractivity contribution in [3.05, 3.63) is 39.4 Å². The summed E-state index contributed by atoms with van der Waals surface area (Å²) in [6.45, 7) is 8.32. The zero-order chi connectivity index (χ0) is 29.4. The van der Waals surface area contributed by atoms with Crippen molar-refractivity contribution in [3.8, 4) is 12.1 Å². The first kappa shape index (κ1) is 31.5. The van der Waals surface area contributed by atoms with E-state index in [1.165, 1.54) is 11.3 Å². The normalized spacial score (nSPS) is 34.6. The molecule has 3 rings (SSSR count). The molecule has 0 saturated heterocycles. The van der Waals surface area contributed by atoms with Gasteiger partial charge in [-0.25, -0.2) is 9.78 Å². The Kier molecular flexibility index (Phi) is 11.5. The van der Waals surface area contributed by atoms with Crippen molar-refractivity contribution in [1.29, 1.82) is 10.5 Å². The molecule has 0 radical (unpaired) electrons. The molecule has 1 fully saturated rings. The van der Waals surface area contributed by atoms with Crippen molar-refractivity contribution >= 4 is 23.3 Å². The Bertz CT molecular complexity index is 1190. The van der Waals surface area contributed by atoms with Crippen molar-refractivity contribution in [2.24, 2.45) is 29.6 Å². The summed E-state index contributed by atoms with van der Waals surface area (Å²) in [6.07, 6.45) is 8.27. The Labute approximate surface area is 241 Å². The summed E-state index contributed by atoms with van der Waals surface area (Å²) in [6, 6.07) is 4.24. The molecule has 1 saturated carbocycles. The van der Waals surface area contributed by atoms with Crippen LogP contribution in [0, 0.1) is 52.3 Å². The molecule has 8 unspecified atom stereocenters. The van der Waals surface area contributed by atoms with E-state index in [4.69, 9.17) is 4.74 Å². The van der Waals surface area contributed by atoms with Crippen LogP contribution in [0.25, 0.3) is 0 Å². The molecule has 0 bridgehead atoms. The summed E-state index contributed by atoms with van der Waals surface area (Å²) >= 11 is 1.19. The Hall–Kier alpha value is -3.01. The maximum absolute atomic E-state index is 13.6. The first-order chi connectivity index (χ1) is 19.0. The van der Waals surface area contributed by atoms with Gasteiger partial charge in [0, 0.05) is 18.3 Å². The number of rotatable bonds is 3. The Morgan fingerprint density at radius 3 is 2.55 bits per heavy atom. The van der Waals surface area contributed by atoms with Gasteiger partial charge in [-0.1, -0.05) is 46.3 Å². The Morgan fingerprint density at radius 2 is 1.88 bits per heavy atom. The number of carboxylic acid groups (broad SMARTS) is 1. The zero-order valence-corrected chi connectivity index (χ0v) is 24.7. The molecule has 2 N–H and O–H groups in total. The van der Waals surface area contributed by atoms with E-state index in [1.54, 1.807) is 18.2 Å². The molecule has 9 heteroatoms. The van der Waals surface area contributed by atoms with E-state index in [9.17, 15) is 30.3 Å². The minimum atomic E-state index is -0.891. The molecule has 0 aromatic carbocycles. The van der Waals surface area contributed by atoms with Crippen LogP contribution in [-0.4, -0.2) is 39.3 Å². The molecule has 216 valence electrons.